The topological polar surface area (TPSA) is 57.6 Å². The summed E-state index contributed by atoms with van der Waals surface area (Å²) in [6, 6.07) is 0. The molecule has 2 unspecified atom stereocenters. The van der Waals surface area contributed by atoms with Crippen molar-refractivity contribution < 1.29 is 14.7 Å². The zero-order valence-corrected chi connectivity index (χ0v) is 12.9. The Balaban J connectivity index is 1.55. The van der Waals surface area contributed by atoms with E-state index in [0.29, 0.717) is 11.8 Å². The van der Waals surface area contributed by atoms with Gasteiger partial charge in [0.2, 0.25) is 5.91 Å². The van der Waals surface area contributed by atoms with E-state index in [1.807, 2.05) is 4.90 Å². The summed E-state index contributed by atoms with van der Waals surface area (Å²) in [5.74, 6) is -0.846. The minimum atomic E-state index is -0.726. The summed E-state index contributed by atoms with van der Waals surface area (Å²) in [5.41, 5.74) is 0.535. The van der Waals surface area contributed by atoms with Crippen molar-refractivity contribution in [3.8, 4) is 0 Å². The van der Waals surface area contributed by atoms with Gasteiger partial charge < -0.3 is 10.0 Å². The lowest BCUT2D eigenvalue weighted by atomic mass is 9.76. The average Bonchev–Trinajstić information content (AvgIpc) is 2.96. The number of hydrogen-bond acceptors (Lipinski definition) is 2. The van der Waals surface area contributed by atoms with Crippen molar-refractivity contribution in [1.29, 1.82) is 0 Å². The Hall–Kier alpha value is -1.06. The standard InChI is InChI=1S/C17H27NO3/c19-15(13-4-3-5-14(12-13)16(20)21)18-10-8-17(9-11-18)6-1-2-7-17/h13-14H,1-12H2,(H,20,21). The monoisotopic (exact) mass is 293 g/mol. The first kappa shape index (κ1) is 14.9. The van der Waals surface area contributed by atoms with E-state index in [1.54, 1.807) is 0 Å². The number of carboxylic acid groups (broad SMARTS) is 1. The molecule has 21 heavy (non-hydrogen) atoms. The number of rotatable bonds is 2. The van der Waals surface area contributed by atoms with Gasteiger partial charge in [-0.3, -0.25) is 9.59 Å². The van der Waals surface area contributed by atoms with Gasteiger partial charge in [-0.2, -0.15) is 0 Å². The maximum atomic E-state index is 12.7. The van der Waals surface area contributed by atoms with Crippen molar-refractivity contribution in [2.24, 2.45) is 17.3 Å². The van der Waals surface area contributed by atoms with E-state index < -0.39 is 5.97 Å². The van der Waals surface area contributed by atoms with Crippen LogP contribution >= 0.6 is 0 Å². The molecule has 3 fully saturated rings. The van der Waals surface area contributed by atoms with Crippen LogP contribution in [-0.4, -0.2) is 35.0 Å². The van der Waals surface area contributed by atoms with Gasteiger partial charge >= 0.3 is 5.97 Å². The highest BCUT2D eigenvalue weighted by molar-refractivity contribution is 5.80. The Bertz CT molecular complexity index is 404. The van der Waals surface area contributed by atoms with Crippen LogP contribution in [0.1, 0.15) is 64.2 Å². The van der Waals surface area contributed by atoms with Gasteiger partial charge in [0.05, 0.1) is 5.92 Å². The molecule has 3 rings (SSSR count). The second-order valence-corrected chi connectivity index (χ2v) is 7.43. The van der Waals surface area contributed by atoms with Gasteiger partial charge in [0.1, 0.15) is 0 Å². The Morgan fingerprint density at radius 3 is 2.14 bits per heavy atom. The molecule has 3 aliphatic rings. The number of amides is 1. The molecule has 1 heterocycles. The highest BCUT2D eigenvalue weighted by Gasteiger charge is 2.40. The van der Waals surface area contributed by atoms with Crippen LogP contribution in [0, 0.1) is 17.3 Å². The first-order chi connectivity index (χ1) is 10.1. The molecule has 0 radical (unpaired) electrons. The molecule has 0 aromatic rings. The molecule has 2 saturated carbocycles. The largest absolute Gasteiger partial charge is 0.481 e. The maximum absolute atomic E-state index is 12.7. The molecule has 118 valence electrons. The van der Waals surface area contributed by atoms with Crippen molar-refractivity contribution in [1.82, 2.24) is 4.90 Å². The zero-order valence-electron chi connectivity index (χ0n) is 12.9. The Morgan fingerprint density at radius 1 is 0.905 bits per heavy atom. The number of carbonyl (C=O) groups excluding carboxylic acids is 1. The molecule has 1 amide bonds. The number of hydrogen-bond donors (Lipinski definition) is 1. The normalized spacial score (nSPS) is 32.3. The Morgan fingerprint density at radius 2 is 1.52 bits per heavy atom. The first-order valence-corrected chi connectivity index (χ1v) is 8.61. The molecule has 0 bridgehead atoms. The van der Waals surface area contributed by atoms with Crippen LogP contribution in [0.25, 0.3) is 0 Å². The fraction of sp³-hybridized carbons (Fsp3) is 0.882. The van der Waals surface area contributed by atoms with E-state index >= 15 is 0 Å². The van der Waals surface area contributed by atoms with Gasteiger partial charge in [0.15, 0.2) is 0 Å². The first-order valence-electron chi connectivity index (χ1n) is 8.61. The van der Waals surface area contributed by atoms with Gasteiger partial charge in [-0.05, 0) is 50.4 Å². The third-order valence-electron chi connectivity index (χ3n) is 6.17. The predicted octanol–water partition coefficient (Wildman–Crippen LogP) is 3.06. The number of aliphatic carboxylic acids is 1. The van der Waals surface area contributed by atoms with Crippen LogP contribution < -0.4 is 0 Å². The van der Waals surface area contributed by atoms with Crippen LogP contribution in [0.5, 0.6) is 0 Å². The number of piperidine rings is 1. The van der Waals surface area contributed by atoms with E-state index in [9.17, 15) is 9.59 Å². The summed E-state index contributed by atoms with van der Waals surface area (Å²) in [5, 5.41) is 9.16. The maximum Gasteiger partial charge on any atom is 0.306 e. The van der Waals surface area contributed by atoms with Gasteiger partial charge in [0.25, 0.3) is 0 Å². The van der Waals surface area contributed by atoms with E-state index in [4.69, 9.17) is 5.11 Å². The molecule has 1 spiro atoms. The lowest BCUT2D eigenvalue weighted by Gasteiger charge is -2.41. The van der Waals surface area contributed by atoms with Gasteiger partial charge in [-0.1, -0.05) is 19.3 Å². The zero-order chi connectivity index (χ0) is 14.9. The third-order valence-corrected chi connectivity index (χ3v) is 6.17. The number of nitrogens with zero attached hydrogens (tertiary/aromatic N) is 1. The summed E-state index contributed by atoms with van der Waals surface area (Å²) in [4.78, 5) is 25.8. The molecular weight excluding hydrogens is 266 g/mol. The van der Waals surface area contributed by atoms with Gasteiger partial charge in [-0.15, -0.1) is 0 Å². The SMILES string of the molecule is O=C(O)C1CCCC(C(=O)N2CCC3(CCCC3)CC2)C1. The Kier molecular flexibility index (Phi) is 4.23. The molecule has 1 aliphatic heterocycles. The van der Waals surface area contributed by atoms with Crippen molar-refractivity contribution in [3.63, 3.8) is 0 Å². The fourth-order valence-electron chi connectivity index (χ4n) is 4.72. The summed E-state index contributed by atoms with van der Waals surface area (Å²) in [6.07, 6.45) is 10.8. The lowest BCUT2D eigenvalue weighted by molar-refractivity contribution is -0.146. The predicted molar refractivity (Wildman–Crippen MR) is 79.8 cm³/mol. The van der Waals surface area contributed by atoms with Crippen molar-refractivity contribution >= 4 is 11.9 Å². The van der Waals surface area contributed by atoms with E-state index in [0.717, 1.165) is 45.2 Å². The molecule has 0 aromatic heterocycles. The van der Waals surface area contributed by atoms with Crippen LogP contribution in [-0.2, 0) is 9.59 Å². The highest BCUT2D eigenvalue weighted by atomic mass is 16.4. The second-order valence-electron chi connectivity index (χ2n) is 7.43. The van der Waals surface area contributed by atoms with Gasteiger partial charge in [0, 0.05) is 19.0 Å². The summed E-state index contributed by atoms with van der Waals surface area (Å²) < 4.78 is 0. The van der Waals surface area contributed by atoms with Crippen LogP contribution in [0.2, 0.25) is 0 Å². The molecular formula is C17H27NO3. The van der Waals surface area contributed by atoms with Crippen molar-refractivity contribution in [2.45, 2.75) is 64.2 Å². The highest BCUT2D eigenvalue weighted by Crippen LogP contribution is 2.46. The number of carbonyl (C=O) groups is 2. The van der Waals surface area contributed by atoms with E-state index in [-0.39, 0.29) is 17.7 Å². The molecule has 2 atom stereocenters. The third kappa shape index (κ3) is 3.09. The minimum absolute atomic E-state index is 0.0440. The molecule has 4 nitrogen and oxygen atoms in total. The molecule has 2 aliphatic carbocycles. The van der Waals surface area contributed by atoms with Crippen LogP contribution in [0.4, 0.5) is 0 Å². The summed E-state index contributed by atoms with van der Waals surface area (Å²) >= 11 is 0. The summed E-state index contributed by atoms with van der Waals surface area (Å²) in [6.45, 7) is 1.79. The Labute approximate surface area is 126 Å². The smallest absolute Gasteiger partial charge is 0.306 e. The molecule has 1 saturated heterocycles. The van der Waals surface area contributed by atoms with E-state index in [2.05, 4.69) is 0 Å². The van der Waals surface area contributed by atoms with Gasteiger partial charge in [-0.25, -0.2) is 0 Å². The quantitative estimate of drug-likeness (QED) is 0.851. The minimum Gasteiger partial charge on any atom is -0.481 e. The lowest BCUT2D eigenvalue weighted by Crippen LogP contribution is -2.45. The van der Waals surface area contributed by atoms with Crippen molar-refractivity contribution in [2.75, 3.05) is 13.1 Å². The number of carboxylic acids is 1. The average molecular weight is 293 g/mol. The van der Waals surface area contributed by atoms with Crippen LogP contribution in [0.3, 0.4) is 0 Å². The molecule has 0 aromatic carbocycles. The number of likely N-dealkylation sites (tertiary alicyclic amines) is 1. The molecule has 4 heteroatoms. The van der Waals surface area contributed by atoms with E-state index in [1.165, 1.54) is 25.7 Å². The van der Waals surface area contributed by atoms with Crippen molar-refractivity contribution in [3.05, 3.63) is 0 Å². The molecule has 1 N–H and O–H groups in total. The van der Waals surface area contributed by atoms with Crippen LogP contribution in [0.15, 0.2) is 0 Å². The fourth-order valence-corrected chi connectivity index (χ4v) is 4.72. The second kappa shape index (κ2) is 5.98. The summed E-state index contributed by atoms with van der Waals surface area (Å²) in [7, 11) is 0.